The molecule has 4 rings (SSSR count). The minimum atomic E-state index is -0.964. The van der Waals surface area contributed by atoms with Crippen molar-refractivity contribution in [3.63, 3.8) is 0 Å². The van der Waals surface area contributed by atoms with Crippen molar-refractivity contribution >= 4 is 28.3 Å². The Balaban J connectivity index is 1.52. The van der Waals surface area contributed by atoms with Crippen molar-refractivity contribution in [3.05, 3.63) is 34.7 Å². The second kappa shape index (κ2) is 7.29. The van der Waals surface area contributed by atoms with Gasteiger partial charge in [-0.3, -0.25) is 9.59 Å². The molecule has 28 heavy (non-hydrogen) atoms. The first kappa shape index (κ1) is 19.1. The van der Waals surface area contributed by atoms with Gasteiger partial charge >= 0.3 is 5.97 Å². The Morgan fingerprint density at radius 1 is 1.18 bits per heavy atom. The van der Waals surface area contributed by atoms with Crippen LogP contribution >= 0.6 is 11.3 Å². The van der Waals surface area contributed by atoms with Gasteiger partial charge in [-0.15, -0.1) is 11.3 Å². The Morgan fingerprint density at radius 3 is 2.43 bits per heavy atom. The van der Waals surface area contributed by atoms with Crippen LogP contribution in [0, 0.1) is 18.8 Å². The van der Waals surface area contributed by atoms with Gasteiger partial charge in [0.1, 0.15) is 0 Å². The second-order valence-electron chi connectivity index (χ2n) is 7.87. The molecule has 1 aromatic carbocycles. The van der Waals surface area contributed by atoms with Crippen LogP contribution in [-0.4, -0.2) is 34.2 Å². The topological polar surface area (TPSA) is 88.5 Å². The summed E-state index contributed by atoms with van der Waals surface area (Å²) in [4.78, 5) is 30.0. The average Bonchev–Trinajstić information content (AvgIpc) is 3.35. The van der Waals surface area contributed by atoms with Gasteiger partial charge in [0, 0.05) is 10.4 Å². The molecule has 1 aromatic heterocycles. The lowest BCUT2D eigenvalue weighted by Gasteiger charge is -2.23. The molecule has 0 radical (unpaired) electrons. The first-order chi connectivity index (χ1) is 13.3. The number of aromatic nitrogens is 1. The van der Waals surface area contributed by atoms with E-state index < -0.39 is 17.8 Å². The summed E-state index contributed by atoms with van der Waals surface area (Å²) in [5, 5.41) is 12.8. The first-order valence-corrected chi connectivity index (χ1v) is 10.4. The van der Waals surface area contributed by atoms with E-state index in [0.29, 0.717) is 17.5 Å². The van der Waals surface area contributed by atoms with Crippen LogP contribution in [-0.2, 0) is 14.3 Å². The van der Waals surface area contributed by atoms with E-state index in [9.17, 15) is 14.7 Å². The van der Waals surface area contributed by atoms with E-state index in [-0.39, 0.29) is 18.1 Å². The lowest BCUT2D eigenvalue weighted by atomic mass is 9.79. The summed E-state index contributed by atoms with van der Waals surface area (Å²) < 4.78 is 5.69. The molecule has 2 aliphatic rings. The van der Waals surface area contributed by atoms with Gasteiger partial charge in [0.25, 0.3) is 0 Å². The highest BCUT2D eigenvalue weighted by Gasteiger charge is 2.55. The van der Waals surface area contributed by atoms with Gasteiger partial charge in [-0.25, -0.2) is 4.98 Å². The van der Waals surface area contributed by atoms with Gasteiger partial charge in [0.05, 0.1) is 29.7 Å². The molecule has 2 bridgehead atoms. The number of carbonyl (C=O) groups is 2. The normalized spacial score (nSPS) is 26.0. The van der Waals surface area contributed by atoms with Crippen LogP contribution < -0.4 is 5.32 Å². The molecule has 148 valence electrons. The summed E-state index contributed by atoms with van der Waals surface area (Å²) in [5.74, 6) is -2.24. The maximum Gasteiger partial charge on any atom is 0.310 e. The molecule has 0 unspecified atom stereocenters. The highest BCUT2D eigenvalue weighted by molar-refractivity contribution is 7.16. The summed E-state index contributed by atoms with van der Waals surface area (Å²) in [7, 11) is 0. The van der Waals surface area contributed by atoms with E-state index in [1.165, 1.54) is 16.9 Å². The van der Waals surface area contributed by atoms with E-state index in [2.05, 4.69) is 36.3 Å². The Morgan fingerprint density at radius 2 is 1.82 bits per heavy atom. The third-order valence-electron chi connectivity index (χ3n) is 5.74. The summed E-state index contributed by atoms with van der Waals surface area (Å²) >= 11 is 1.41. The highest BCUT2D eigenvalue weighted by atomic mass is 32.1. The number of anilines is 1. The Kier molecular flexibility index (Phi) is 4.97. The number of aryl methyl sites for hydroxylation is 1. The number of rotatable bonds is 5. The number of amides is 1. The van der Waals surface area contributed by atoms with Crippen molar-refractivity contribution in [3.8, 4) is 11.3 Å². The van der Waals surface area contributed by atoms with Crippen LogP contribution in [0.25, 0.3) is 11.3 Å². The number of aliphatic carboxylic acids is 1. The van der Waals surface area contributed by atoms with Crippen molar-refractivity contribution in [2.75, 3.05) is 5.32 Å². The molecule has 7 heteroatoms. The van der Waals surface area contributed by atoms with Gasteiger partial charge in [-0.2, -0.15) is 0 Å². The molecule has 1 amide bonds. The van der Waals surface area contributed by atoms with Crippen LogP contribution in [0.3, 0.4) is 0 Å². The van der Waals surface area contributed by atoms with Crippen LogP contribution in [0.2, 0.25) is 0 Å². The SMILES string of the molecule is Cc1sc(NC(=O)[C@@H]2[C@H](C(=O)O)[C@H]3CC[C@H]2O3)nc1-c1ccc(C(C)C)cc1. The first-order valence-electron chi connectivity index (χ1n) is 9.62. The third kappa shape index (κ3) is 3.33. The zero-order chi connectivity index (χ0) is 20.0. The molecular formula is C21H24N2O4S. The summed E-state index contributed by atoms with van der Waals surface area (Å²) in [6.45, 7) is 6.28. The fourth-order valence-electron chi connectivity index (χ4n) is 4.26. The number of carbonyl (C=O) groups excluding carboxylic acids is 1. The molecule has 3 heterocycles. The summed E-state index contributed by atoms with van der Waals surface area (Å²) in [6.07, 6.45) is 0.774. The standard InChI is InChI=1S/C21H24N2O4S/c1-10(2)12-4-6-13(7-5-12)18-11(3)28-21(22-18)23-19(24)16-14-8-9-15(27-14)17(16)20(25)26/h4-7,10,14-17H,8-9H2,1-3H3,(H,25,26)(H,22,23,24)/t14-,15-,16+,17-/m1/s1. The van der Waals surface area contributed by atoms with Gasteiger partial charge < -0.3 is 15.2 Å². The molecule has 2 saturated heterocycles. The molecule has 4 atom stereocenters. The number of nitrogens with zero attached hydrogens (tertiary/aromatic N) is 1. The zero-order valence-electron chi connectivity index (χ0n) is 16.1. The fourth-order valence-corrected chi connectivity index (χ4v) is 5.10. The number of benzene rings is 1. The van der Waals surface area contributed by atoms with Gasteiger partial charge in [0.2, 0.25) is 5.91 Å². The number of ether oxygens (including phenoxy) is 1. The molecular weight excluding hydrogens is 376 g/mol. The molecule has 0 spiro atoms. The van der Waals surface area contributed by atoms with Crippen molar-refractivity contribution in [1.82, 2.24) is 4.98 Å². The third-order valence-corrected chi connectivity index (χ3v) is 6.62. The monoisotopic (exact) mass is 400 g/mol. The fraction of sp³-hybridized carbons (Fsp3) is 0.476. The van der Waals surface area contributed by atoms with Crippen molar-refractivity contribution in [2.45, 2.75) is 51.7 Å². The molecule has 2 fully saturated rings. The van der Waals surface area contributed by atoms with Crippen molar-refractivity contribution in [2.24, 2.45) is 11.8 Å². The minimum Gasteiger partial charge on any atom is -0.481 e. The summed E-state index contributed by atoms with van der Waals surface area (Å²) in [6, 6.07) is 8.29. The predicted molar refractivity (Wildman–Crippen MR) is 108 cm³/mol. The highest BCUT2D eigenvalue weighted by Crippen LogP contribution is 2.44. The molecule has 0 aliphatic carbocycles. The van der Waals surface area contributed by atoms with E-state index >= 15 is 0 Å². The summed E-state index contributed by atoms with van der Waals surface area (Å²) in [5.41, 5.74) is 3.11. The number of carboxylic acids is 1. The maximum atomic E-state index is 12.8. The maximum absolute atomic E-state index is 12.8. The Labute approximate surface area is 167 Å². The number of nitrogens with one attached hydrogen (secondary N) is 1. The quantitative estimate of drug-likeness (QED) is 0.790. The van der Waals surface area contributed by atoms with E-state index in [4.69, 9.17) is 4.74 Å². The number of carboxylic acid groups (broad SMARTS) is 1. The predicted octanol–water partition coefficient (Wildman–Crippen LogP) is 4.06. The van der Waals surface area contributed by atoms with Gasteiger partial charge in [0.15, 0.2) is 5.13 Å². The smallest absolute Gasteiger partial charge is 0.310 e. The number of hydrogen-bond donors (Lipinski definition) is 2. The van der Waals surface area contributed by atoms with E-state index in [1.807, 2.05) is 19.1 Å². The Bertz CT molecular complexity index is 906. The van der Waals surface area contributed by atoms with E-state index in [1.54, 1.807) is 0 Å². The molecule has 6 nitrogen and oxygen atoms in total. The lowest BCUT2D eigenvalue weighted by molar-refractivity contribution is -0.147. The number of fused-ring (bicyclic) bond motifs is 2. The lowest BCUT2D eigenvalue weighted by Crippen LogP contribution is -2.40. The van der Waals surface area contributed by atoms with Crippen molar-refractivity contribution < 1.29 is 19.4 Å². The Hall–Kier alpha value is -2.25. The zero-order valence-corrected chi connectivity index (χ0v) is 17.0. The average molecular weight is 401 g/mol. The number of hydrogen-bond acceptors (Lipinski definition) is 5. The van der Waals surface area contributed by atoms with E-state index in [0.717, 1.165) is 22.6 Å². The largest absolute Gasteiger partial charge is 0.481 e. The van der Waals surface area contributed by atoms with Crippen LogP contribution in [0.1, 0.15) is 43.0 Å². The van der Waals surface area contributed by atoms with Crippen LogP contribution in [0.4, 0.5) is 5.13 Å². The van der Waals surface area contributed by atoms with Crippen molar-refractivity contribution in [1.29, 1.82) is 0 Å². The van der Waals surface area contributed by atoms with Gasteiger partial charge in [-0.05, 0) is 31.2 Å². The molecule has 2 aliphatic heterocycles. The van der Waals surface area contributed by atoms with Crippen LogP contribution in [0.5, 0.6) is 0 Å². The number of thiazole rings is 1. The molecule has 2 N–H and O–H groups in total. The van der Waals surface area contributed by atoms with Crippen LogP contribution in [0.15, 0.2) is 24.3 Å². The molecule has 2 aromatic rings. The second-order valence-corrected chi connectivity index (χ2v) is 9.07. The van der Waals surface area contributed by atoms with Gasteiger partial charge in [-0.1, -0.05) is 38.1 Å². The molecule has 0 saturated carbocycles. The minimum absolute atomic E-state index is 0.310.